The van der Waals surface area contributed by atoms with E-state index in [9.17, 15) is 0 Å². The summed E-state index contributed by atoms with van der Waals surface area (Å²) in [5, 5.41) is 21.9. The van der Waals surface area contributed by atoms with E-state index >= 15 is 0 Å². The third-order valence-corrected chi connectivity index (χ3v) is 8.14. The molecule has 8 rings (SSSR count). The van der Waals surface area contributed by atoms with Crippen LogP contribution >= 0.6 is 0 Å². The second-order valence-electron chi connectivity index (χ2n) is 11.0. The number of fused-ring (bicyclic) bond motifs is 3. The number of nitrogens with one attached hydrogen (secondary N) is 2. The van der Waals surface area contributed by atoms with E-state index in [1.807, 2.05) is 60.8 Å². The molecule has 4 N–H and O–H groups in total. The van der Waals surface area contributed by atoms with Crippen molar-refractivity contribution in [3.8, 4) is 22.3 Å². The van der Waals surface area contributed by atoms with Crippen molar-refractivity contribution in [1.82, 2.24) is 4.98 Å². The molecule has 0 bridgehead atoms. The number of benzene rings is 6. The lowest BCUT2D eigenvalue weighted by atomic mass is 9.84. The highest BCUT2D eigenvalue weighted by Gasteiger charge is 2.18. The fraction of sp³-hybridized carbons (Fsp3) is 0. The van der Waals surface area contributed by atoms with Crippen molar-refractivity contribution in [3.63, 3.8) is 0 Å². The predicted molar refractivity (Wildman–Crippen MR) is 191 cm³/mol. The van der Waals surface area contributed by atoms with Gasteiger partial charge >= 0.3 is 0 Å². The van der Waals surface area contributed by atoms with Gasteiger partial charge in [-0.25, -0.2) is 0 Å². The standard InChI is InChI=1S/C26H18N2.C15H12N2/c27-23-15-14-18(16-24(23)28)26-21-12-6-4-10-19(21)25(17-8-2-1-3-9-17)20-11-5-7-13-22(20)26;16-14-7-5-11(6-8-14)13-9-12-3-1-2-4-15(12)17-10-13/h1-16,27-28H;1-10H,16H2. The Morgan fingerprint density at radius 1 is 0.489 bits per heavy atom. The van der Waals surface area contributed by atoms with Gasteiger partial charge < -0.3 is 5.73 Å². The SMILES string of the molecule is N=C1C=CC(c2c3ccccc3c(-c3ccccc3)c3ccccc23)=CC1=N.Nc1ccc(-c2cnc3ccccc3c2)cc1. The van der Waals surface area contributed by atoms with Crippen LogP contribution in [0.5, 0.6) is 0 Å². The molecule has 4 heteroatoms. The summed E-state index contributed by atoms with van der Waals surface area (Å²) in [4.78, 5) is 4.45. The molecule has 1 aliphatic carbocycles. The van der Waals surface area contributed by atoms with Gasteiger partial charge in [0.2, 0.25) is 0 Å². The van der Waals surface area contributed by atoms with Crippen molar-refractivity contribution in [2.24, 2.45) is 0 Å². The number of hydrogen-bond donors (Lipinski definition) is 3. The quantitative estimate of drug-likeness (QED) is 0.111. The van der Waals surface area contributed by atoms with E-state index in [1.165, 1.54) is 21.9 Å². The number of nitrogen functional groups attached to an aromatic ring is 1. The van der Waals surface area contributed by atoms with E-state index in [0.717, 1.165) is 49.6 Å². The Hall–Kier alpha value is -6.13. The molecular weight excluding hydrogens is 548 g/mol. The summed E-state index contributed by atoms with van der Waals surface area (Å²) >= 11 is 0. The van der Waals surface area contributed by atoms with Crippen LogP contribution in [0.25, 0.3) is 60.3 Å². The monoisotopic (exact) mass is 578 g/mol. The Kier molecular flexibility index (Phi) is 7.30. The van der Waals surface area contributed by atoms with Gasteiger partial charge in [0.25, 0.3) is 0 Å². The first kappa shape index (κ1) is 27.7. The third kappa shape index (κ3) is 5.41. The number of pyridine rings is 1. The molecule has 4 nitrogen and oxygen atoms in total. The van der Waals surface area contributed by atoms with Gasteiger partial charge in [0, 0.05) is 22.8 Å². The van der Waals surface area contributed by atoms with E-state index < -0.39 is 0 Å². The lowest BCUT2D eigenvalue weighted by Crippen LogP contribution is -2.10. The smallest absolute Gasteiger partial charge is 0.0795 e. The number of allylic oxidation sites excluding steroid dienone is 4. The lowest BCUT2D eigenvalue weighted by molar-refractivity contribution is 1.41. The van der Waals surface area contributed by atoms with Crippen LogP contribution in [0, 0.1) is 10.8 Å². The van der Waals surface area contributed by atoms with E-state index in [-0.39, 0.29) is 11.4 Å². The number of nitrogens with zero attached hydrogens (tertiary/aromatic N) is 1. The molecule has 0 saturated heterocycles. The minimum atomic E-state index is 0.248. The zero-order valence-corrected chi connectivity index (χ0v) is 24.5. The van der Waals surface area contributed by atoms with Gasteiger partial charge in [-0.15, -0.1) is 0 Å². The van der Waals surface area contributed by atoms with Gasteiger partial charge in [0.05, 0.1) is 16.9 Å². The first-order valence-corrected chi connectivity index (χ1v) is 14.8. The van der Waals surface area contributed by atoms with Crippen molar-refractivity contribution in [3.05, 3.63) is 163 Å². The molecule has 0 unspecified atom stereocenters. The topological polar surface area (TPSA) is 86.6 Å². The summed E-state index contributed by atoms with van der Waals surface area (Å²) in [7, 11) is 0. The number of nitrogens with two attached hydrogens (primary N) is 1. The summed E-state index contributed by atoms with van der Waals surface area (Å²) in [6, 6.07) is 45.6. The summed E-state index contributed by atoms with van der Waals surface area (Å²) < 4.78 is 0. The Morgan fingerprint density at radius 3 is 1.71 bits per heavy atom. The molecule has 0 aliphatic heterocycles. The minimum Gasteiger partial charge on any atom is -0.399 e. The Bertz CT molecular complexity index is 2240. The highest BCUT2D eigenvalue weighted by molar-refractivity contribution is 6.50. The van der Waals surface area contributed by atoms with Crippen LogP contribution in [0.15, 0.2) is 158 Å². The molecule has 1 heterocycles. The molecule has 214 valence electrons. The zero-order chi connectivity index (χ0) is 30.8. The number of aromatic nitrogens is 1. The molecule has 0 radical (unpaired) electrons. The second-order valence-corrected chi connectivity index (χ2v) is 11.0. The lowest BCUT2D eigenvalue weighted by Gasteiger charge is -2.19. The van der Waals surface area contributed by atoms with Gasteiger partial charge in [-0.3, -0.25) is 15.8 Å². The molecular formula is C41H30N4. The van der Waals surface area contributed by atoms with E-state index in [2.05, 4.69) is 89.9 Å². The third-order valence-electron chi connectivity index (χ3n) is 8.14. The first-order chi connectivity index (χ1) is 22.1. The average molecular weight is 579 g/mol. The molecule has 0 spiro atoms. The van der Waals surface area contributed by atoms with Gasteiger partial charge in [-0.05, 0) is 85.8 Å². The van der Waals surface area contributed by atoms with Gasteiger partial charge in [0.1, 0.15) is 0 Å². The van der Waals surface area contributed by atoms with Crippen molar-refractivity contribution < 1.29 is 0 Å². The highest BCUT2D eigenvalue weighted by atomic mass is 14.6. The summed E-state index contributed by atoms with van der Waals surface area (Å²) in [6.07, 6.45) is 7.37. The molecule has 0 amide bonds. The van der Waals surface area contributed by atoms with Crippen LogP contribution in [0.1, 0.15) is 5.56 Å². The maximum absolute atomic E-state index is 8.12. The van der Waals surface area contributed by atoms with Gasteiger partial charge in [0.15, 0.2) is 0 Å². The van der Waals surface area contributed by atoms with Gasteiger partial charge in [-0.1, -0.05) is 115 Å². The summed E-state index contributed by atoms with van der Waals surface area (Å²) in [6.45, 7) is 0. The second kappa shape index (κ2) is 11.9. The van der Waals surface area contributed by atoms with Crippen LogP contribution in [0.2, 0.25) is 0 Å². The Morgan fingerprint density at radius 2 is 1.07 bits per heavy atom. The van der Waals surface area contributed by atoms with E-state index in [1.54, 1.807) is 12.2 Å². The molecule has 0 saturated carbocycles. The fourth-order valence-electron chi connectivity index (χ4n) is 5.96. The molecule has 6 aromatic carbocycles. The number of para-hydroxylation sites is 1. The maximum atomic E-state index is 8.12. The van der Waals surface area contributed by atoms with Crippen LogP contribution in [0.4, 0.5) is 5.69 Å². The minimum absolute atomic E-state index is 0.248. The van der Waals surface area contributed by atoms with Crippen LogP contribution in [0.3, 0.4) is 0 Å². The summed E-state index contributed by atoms with van der Waals surface area (Å²) in [5.41, 5.74) is 14.8. The normalized spacial score (nSPS) is 12.7. The molecule has 0 fully saturated rings. The van der Waals surface area contributed by atoms with Gasteiger partial charge in [-0.2, -0.15) is 0 Å². The average Bonchev–Trinajstić information content (AvgIpc) is 3.09. The maximum Gasteiger partial charge on any atom is 0.0795 e. The molecule has 1 aromatic heterocycles. The first-order valence-electron chi connectivity index (χ1n) is 14.8. The molecule has 7 aromatic rings. The molecule has 1 aliphatic rings. The van der Waals surface area contributed by atoms with E-state index in [4.69, 9.17) is 16.6 Å². The zero-order valence-electron chi connectivity index (χ0n) is 24.5. The van der Waals surface area contributed by atoms with Crippen molar-refractivity contribution in [1.29, 1.82) is 10.8 Å². The van der Waals surface area contributed by atoms with Crippen molar-refractivity contribution in [2.45, 2.75) is 0 Å². The van der Waals surface area contributed by atoms with Crippen LogP contribution in [-0.2, 0) is 0 Å². The number of rotatable bonds is 3. The number of hydrogen-bond acceptors (Lipinski definition) is 4. The number of anilines is 1. The Labute approximate surface area is 261 Å². The fourth-order valence-corrected chi connectivity index (χ4v) is 5.96. The highest BCUT2D eigenvalue weighted by Crippen LogP contribution is 2.42. The largest absolute Gasteiger partial charge is 0.399 e. The van der Waals surface area contributed by atoms with E-state index in [0.29, 0.717) is 0 Å². The summed E-state index contributed by atoms with van der Waals surface area (Å²) in [5.74, 6) is 0. The van der Waals surface area contributed by atoms with Crippen molar-refractivity contribution in [2.75, 3.05) is 5.73 Å². The van der Waals surface area contributed by atoms with Crippen molar-refractivity contribution >= 4 is 55.1 Å². The molecule has 0 atom stereocenters. The van der Waals surface area contributed by atoms with Crippen LogP contribution in [-0.4, -0.2) is 16.4 Å². The predicted octanol–water partition coefficient (Wildman–Crippen LogP) is 10.1. The molecule has 45 heavy (non-hydrogen) atoms. The van der Waals surface area contributed by atoms with Crippen LogP contribution < -0.4 is 5.73 Å². The Balaban J connectivity index is 0.000000163.